The summed E-state index contributed by atoms with van der Waals surface area (Å²) in [6.07, 6.45) is 0.241. The Morgan fingerprint density at radius 3 is 2.50 bits per heavy atom. The van der Waals surface area contributed by atoms with Crippen LogP contribution >= 0.6 is 0 Å². The summed E-state index contributed by atoms with van der Waals surface area (Å²) in [5.41, 5.74) is 1.02. The molecule has 150 valence electrons. The summed E-state index contributed by atoms with van der Waals surface area (Å²) in [5.74, 6) is -0.738. The minimum Gasteiger partial charge on any atom is -0.483 e. The first-order chi connectivity index (χ1) is 13.1. The molecule has 2 aliphatic heterocycles. The number of allylic oxidation sites excluding steroid dienone is 1. The number of hydrogen-bond donors (Lipinski definition) is 0. The molecule has 0 aliphatic carbocycles. The Labute approximate surface area is 163 Å². The van der Waals surface area contributed by atoms with Crippen molar-refractivity contribution in [1.29, 1.82) is 0 Å². The Hall–Kier alpha value is -2.83. The van der Waals surface area contributed by atoms with E-state index in [-0.39, 0.29) is 12.4 Å². The standard InChI is InChI=1S/C21H24O7/c1-11(2)10-16(24)27-19-17-14(28-21(4,5)20(19)25-12(3)22)8-6-13-7-9-15(23)26-18(13)17/h6,8,10,19-20H,7,9H2,1-5H3. The van der Waals surface area contributed by atoms with Crippen LogP contribution in [-0.2, 0) is 30.3 Å². The van der Waals surface area contributed by atoms with Crippen LogP contribution in [0.1, 0.15) is 58.3 Å². The number of aryl methyl sites for hydroxylation is 1. The fourth-order valence-electron chi connectivity index (χ4n) is 3.46. The fourth-order valence-corrected chi connectivity index (χ4v) is 3.46. The van der Waals surface area contributed by atoms with Gasteiger partial charge in [0, 0.05) is 13.0 Å². The Morgan fingerprint density at radius 1 is 1.14 bits per heavy atom. The van der Waals surface area contributed by atoms with Crippen molar-refractivity contribution in [3.63, 3.8) is 0 Å². The van der Waals surface area contributed by atoms with Gasteiger partial charge in [-0.15, -0.1) is 0 Å². The van der Waals surface area contributed by atoms with Crippen LogP contribution in [0.15, 0.2) is 23.8 Å². The number of esters is 3. The molecule has 2 atom stereocenters. The molecule has 0 saturated heterocycles. The molecule has 2 unspecified atom stereocenters. The summed E-state index contributed by atoms with van der Waals surface area (Å²) in [7, 11) is 0. The third-order valence-corrected chi connectivity index (χ3v) is 4.61. The van der Waals surface area contributed by atoms with Crippen molar-refractivity contribution in [1.82, 2.24) is 0 Å². The highest BCUT2D eigenvalue weighted by molar-refractivity contribution is 5.83. The molecule has 2 aliphatic rings. The van der Waals surface area contributed by atoms with Gasteiger partial charge in [0.1, 0.15) is 17.1 Å². The molecule has 0 saturated carbocycles. The van der Waals surface area contributed by atoms with E-state index in [0.717, 1.165) is 11.1 Å². The number of carbonyl (C=O) groups is 3. The van der Waals surface area contributed by atoms with E-state index in [4.69, 9.17) is 18.9 Å². The highest BCUT2D eigenvalue weighted by Gasteiger charge is 2.50. The number of fused-ring (bicyclic) bond motifs is 3. The summed E-state index contributed by atoms with van der Waals surface area (Å²) >= 11 is 0. The van der Waals surface area contributed by atoms with Crippen LogP contribution < -0.4 is 9.47 Å². The molecule has 0 fully saturated rings. The molecule has 0 bridgehead atoms. The molecule has 2 heterocycles. The zero-order chi connectivity index (χ0) is 20.6. The van der Waals surface area contributed by atoms with Crippen molar-refractivity contribution in [2.24, 2.45) is 0 Å². The highest BCUT2D eigenvalue weighted by atomic mass is 16.6. The lowest BCUT2D eigenvalue weighted by atomic mass is 9.85. The van der Waals surface area contributed by atoms with E-state index in [1.807, 2.05) is 6.07 Å². The topological polar surface area (TPSA) is 88.1 Å². The van der Waals surface area contributed by atoms with Crippen molar-refractivity contribution in [2.75, 3.05) is 0 Å². The van der Waals surface area contributed by atoms with Gasteiger partial charge in [-0.2, -0.15) is 0 Å². The monoisotopic (exact) mass is 388 g/mol. The number of rotatable bonds is 3. The van der Waals surface area contributed by atoms with Crippen LogP contribution in [0, 0.1) is 0 Å². The molecule has 0 amide bonds. The van der Waals surface area contributed by atoms with Crippen LogP contribution in [0.3, 0.4) is 0 Å². The van der Waals surface area contributed by atoms with Gasteiger partial charge in [-0.25, -0.2) is 4.79 Å². The van der Waals surface area contributed by atoms with Crippen LogP contribution in [0.2, 0.25) is 0 Å². The first-order valence-corrected chi connectivity index (χ1v) is 9.16. The van der Waals surface area contributed by atoms with E-state index in [9.17, 15) is 14.4 Å². The molecule has 28 heavy (non-hydrogen) atoms. The number of benzene rings is 1. The summed E-state index contributed by atoms with van der Waals surface area (Å²) < 4.78 is 22.7. The average Bonchev–Trinajstić information content (AvgIpc) is 2.56. The maximum atomic E-state index is 12.4. The minimum absolute atomic E-state index is 0.272. The van der Waals surface area contributed by atoms with Gasteiger partial charge in [0.05, 0.1) is 12.0 Å². The molecular weight excluding hydrogens is 364 g/mol. The smallest absolute Gasteiger partial charge is 0.331 e. The number of hydrogen-bond acceptors (Lipinski definition) is 7. The van der Waals surface area contributed by atoms with E-state index < -0.39 is 29.7 Å². The molecule has 3 rings (SSSR count). The second kappa shape index (κ2) is 7.30. The van der Waals surface area contributed by atoms with E-state index in [1.54, 1.807) is 33.8 Å². The molecule has 1 aromatic rings. The number of ether oxygens (including phenoxy) is 4. The van der Waals surface area contributed by atoms with Crippen molar-refractivity contribution in [3.8, 4) is 11.5 Å². The summed E-state index contributed by atoms with van der Waals surface area (Å²) in [6, 6.07) is 3.60. The molecule has 0 radical (unpaired) electrons. The molecule has 7 nitrogen and oxygen atoms in total. The van der Waals surface area contributed by atoms with E-state index in [2.05, 4.69) is 0 Å². The zero-order valence-electron chi connectivity index (χ0n) is 16.7. The van der Waals surface area contributed by atoms with Gasteiger partial charge in [-0.05, 0) is 45.7 Å². The van der Waals surface area contributed by atoms with Gasteiger partial charge in [0.25, 0.3) is 0 Å². The maximum absolute atomic E-state index is 12.4. The predicted octanol–water partition coefficient (Wildman–Crippen LogP) is 3.19. The van der Waals surface area contributed by atoms with Gasteiger partial charge in [0.15, 0.2) is 12.2 Å². The van der Waals surface area contributed by atoms with Crippen molar-refractivity contribution in [2.45, 2.75) is 65.3 Å². The van der Waals surface area contributed by atoms with Gasteiger partial charge in [-0.1, -0.05) is 11.6 Å². The predicted molar refractivity (Wildman–Crippen MR) is 98.9 cm³/mol. The van der Waals surface area contributed by atoms with Crippen molar-refractivity contribution in [3.05, 3.63) is 34.9 Å². The lowest BCUT2D eigenvalue weighted by Gasteiger charge is -2.43. The zero-order valence-corrected chi connectivity index (χ0v) is 16.7. The Morgan fingerprint density at radius 2 is 1.86 bits per heavy atom. The van der Waals surface area contributed by atoms with E-state index in [1.165, 1.54) is 13.0 Å². The largest absolute Gasteiger partial charge is 0.483 e. The van der Waals surface area contributed by atoms with Crippen LogP contribution in [-0.4, -0.2) is 29.6 Å². The molecular formula is C21H24O7. The molecule has 7 heteroatoms. The highest BCUT2D eigenvalue weighted by Crippen LogP contribution is 2.49. The van der Waals surface area contributed by atoms with Gasteiger partial charge >= 0.3 is 17.9 Å². The normalized spacial score (nSPS) is 22.0. The summed E-state index contributed by atoms with van der Waals surface area (Å²) in [6.45, 7) is 8.32. The first kappa shape index (κ1) is 19.9. The van der Waals surface area contributed by atoms with Gasteiger partial charge in [0.2, 0.25) is 0 Å². The molecule has 0 aromatic heterocycles. The lowest BCUT2D eigenvalue weighted by molar-refractivity contribution is -0.187. The van der Waals surface area contributed by atoms with Crippen LogP contribution in [0.5, 0.6) is 11.5 Å². The Bertz CT molecular complexity index is 862. The third kappa shape index (κ3) is 3.88. The molecule has 1 aromatic carbocycles. The number of carbonyl (C=O) groups excluding carboxylic acids is 3. The van der Waals surface area contributed by atoms with Gasteiger partial charge < -0.3 is 18.9 Å². The van der Waals surface area contributed by atoms with E-state index >= 15 is 0 Å². The average molecular weight is 388 g/mol. The first-order valence-electron chi connectivity index (χ1n) is 9.16. The summed E-state index contributed by atoms with van der Waals surface area (Å²) in [4.78, 5) is 36.1. The third-order valence-electron chi connectivity index (χ3n) is 4.61. The van der Waals surface area contributed by atoms with Crippen LogP contribution in [0.4, 0.5) is 0 Å². The summed E-state index contributed by atoms with van der Waals surface area (Å²) in [5, 5.41) is 0. The Kier molecular flexibility index (Phi) is 5.19. The van der Waals surface area contributed by atoms with Crippen molar-refractivity contribution < 1.29 is 33.3 Å². The van der Waals surface area contributed by atoms with Crippen molar-refractivity contribution >= 4 is 17.9 Å². The SMILES string of the molecule is CC(=O)OC1C(OC(=O)C=C(C)C)c2c(ccc3c2OC(=O)CC3)OC1(C)C. The van der Waals surface area contributed by atoms with E-state index in [0.29, 0.717) is 23.5 Å². The Balaban J connectivity index is 2.15. The maximum Gasteiger partial charge on any atom is 0.331 e. The lowest BCUT2D eigenvalue weighted by Crippen LogP contribution is -2.52. The molecule has 0 spiro atoms. The van der Waals surface area contributed by atoms with Gasteiger partial charge in [-0.3, -0.25) is 9.59 Å². The van der Waals surface area contributed by atoms with Crippen LogP contribution in [0.25, 0.3) is 0 Å². The fraction of sp³-hybridized carbons (Fsp3) is 0.476. The quantitative estimate of drug-likeness (QED) is 0.446. The molecule has 0 N–H and O–H groups in total. The second-order valence-electron chi connectivity index (χ2n) is 7.75. The second-order valence-corrected chi connectivity index (χ2v) is 7.75. The minimum atomic E-state index is -0.980.